The fourth-order valence-electron chi connectivity index (χ4n) is 4.49. The molecule has 28 heavy (non-hydrogen) atoms. The number of nitrogens with two attached hydrogens (primary N) is 1. The number of hydrogen-bond acceptors (Lipinski definition) is 6. The van der Waals surface area contributed by atoms with Crippen LogP contribution in [0, 0.1) is 23.2 Å². The smallest absolute Gasteiger partial charge is 0.138 e. The molecule has 2 bridgehead atoms. The van der Waals surface area contributed by atoms with Gasteiger partial charge in [-0.3, -0.25) is 0 Å². The zero-order valence-corrected chi connectivity index (χ0v) is 15.7. The van der Waals surface area contributed by atoms with Crippen LogP contribution in [0.1, 0.15) is 18.9 Å². The fraction of sp³-hybridized carbons (Fsp3) is 0.381. The number of rotatable bonds is 4. The van der Waals surface area contributed by atoms with Crippen LogP contribution in [0.15, 0.2) is 36.8 Å². The molecule has 1 unspecified atom stereocenters. The van der Waals surface area contributed by atoms with E-state index >= 15 is 0 Å². The largest absolute Gasteiger partial charge is 0.492 e. The number of fused-ring (bicyclic) bond motifs is 3. The van der Waals surface area contributed by atoms with Gasteiger partial charge in [-0.1, -0.05) is 0 Å². The zero-order chi connectivity index (χ0) is 19.3. The highest BCUT2D eigenvalue weighted by molar-refractivity contribution is 5.85. The van der Waals surface area contributed by atoms with Gasteiger partial charge in [0.15, 0.2) is 0 Å². The van der Waals surface area contributed by atoms with Crippen LogP contribution in [-0.2, 0) is 0 Å². The molecule has 7 nitrogen and oxygen atoms in total. The first-order chi connectivity index (χ1) is 13.7. The van der Waals surface area contributed by atoms with E-state index in [1.165, 1.54) is 6.42 Å². The maximum Gasteiger partial charge on any atom is 0.138 e. The van der Waals surface area contributed by atoms with Crippen molar-refractivity contribution in [2.75, 3.05) is 24.6 Å². The van der Waals surface area contributed by atoms with E-state index in [0.29, 0.717) is 35.8 Å². The minimum atomic E-state index is 0.358. The molecule has 142 valence electrons. The summed E-state index contributed by atoms with van der Waals surface area (Å²) in [4.78, 5) is 7.04. The fourth-order valence-corrected chi connectivity index (χ4v) is 4.49. The lowest BCUT2D eigenvalue weighted by Crippen LogP contribution is -2.62. The van der Waals surface area contributed by atoms with Crippen LogP contribution in [0.3, 0.4) is 0 Å². The van der Waals surface area contributed by atoms with Gasteiger partial charge in [-0.25, -0.2) is 9.50 Å². The third kappa shape index (κ3) is 2.60. The summed E-state index contributed by atoms with van der Waals surface area (Å²) in [6.45, 7) is 4.47. The van der Waals surface area contributed by atoms with Crippen molar-refractivity contribution in [3.05, 3.63) is 42.4 Å². The van der Waals surface area contributed by atoms with Gasteiger partial charge in [-0.05, 0) is 43.4 Å². The number of aromatic nitrogens is 3. The first-order valence-electron chi connectivity index (χ1n) is 9.69. The molecular formula is C21H22N6O. The van der Waals surface area contributed by atoms with Crippen LogP contribution in [0.4, 0.5) is 5.82 Å². The number of hydrogen-bond donors (Lipinski definition) is 1. The second-order valence-electron chi connectivity index (χ2n) is 7.63. The van der Waals surface area contributed by atoms with Crippen molar-refractivity contribution in [2.24, 2.45) is 17.6 Å². The van der Waals surface area contributed by atoms with E-state index in [2.05, 4.69) is 28.2 Å². The molecule has 0 radical (unpaired) electrons. The predicted molar refractivity (Wildman–Crippen MR) is 106 cm³/mol. The lowest BCUT2D eigenvalue weighted by atomic mass is 9.67. The second-order valence-corrected chi connectivity index (χ2v) is 7.63. The molecule has 3 aromatic rings. The summed E-state index contributed by atoms with van der Waals surface area (Å²) in [5.74, 6) is 2.88. The van der Waals surface area contributed by atoms with Crippen LogP contribution < -0.4 is 15.4 Å². The average Bonchev–Trinajstić information content (AvgIpc) is 3.16. The Morgan fingerprint density at radius 1 is 1.29 bits per heavy atom. The topological polar surface area (TPSA) is 92.5 Å². The number of nitrogens with zero attached hydrogens (tertiary/aromatic N) is 5. The molecule has 0 aromatic carbocycles. The van der Waals surface area contributed by atoms with Gasteiger partial charge in [0.05, 0.1) is 30.1 Å². The lowest BCUT2D eigenvalue weighted by molar-refractivity contribution is 0.115. The van der Waals surface area contributed by atoms with Gasteiger partial charge in [0.25, 0.3) is 0 Å². The van der Waals surface area contributed by atoms with Gasteiger partial charge >= 0.3 is 0 Å². The zero-order valence-electron chi connectivity index (χ0n) is 15.7. The maximum atomic E-state index is 9.47. The molecule has 2 N–H and O–H groups in total. The molecule has 3 atom stereocenters. The summed E-state index contributed by atoms with van der Waals surface area (Å²) in [5.41, 5.74) is 9.31. The highest BCUT2D eigenvalue weighted by Crippen LogP contribution is 2.40. The number of ether oxygens (including phenoxy) is 1. The minimum Gasteiger partial charge on any atom is -0.492 e. The van der Waals surface area contributed by atoms with E-state index in [4.69, 9.17) is 15.5 Å². The molecular weight excluding hydrogens is 352 g/mol. The molecule has 3 aromatic heterocycles. The van der Waals surface area contributed by atoms with Gasteiger partial charge in [-0.2, -0.15) is 10.4 Å². The van der Waals surface area contributed by atoms with Crippen LogP contribution in [0.5, 0.6) is 5.75 Å². The minimum absolute atomic E-state index is 0.358. The molecule has 7 heteroatoms. The Hall–Kier alpha value is -3.11. The Morgan fingerprint density at radius 2 is 2.11 bits per heavy atom. The molecule has 3 aliphatic rings. The van der Waals surface area contributed by atoms with Crippen molar-refractivity contribution in [3.63, 3.8) is 0 Å². The third-order valence-corrected chi connectivity index (χ3v) is 6.00. The molecule has 6 rings (SSSR count). The van der Waals surface area contributed by atoms with Gasteiger partial charge in [0.1, 0.15) is 17.6 Å². The van der Waals surface area contributed by atoms with Gasteiger partial charge in [0.2, 0.25) is 0 Å². The van der Waals surface area contributed by atoms with E-state index in [0.717, 1.165) is 35.6 Å². The van der Waals surface area contributed by atoms with Crippen LogP contribution in [0.25, 0.3) is 16.6 Å². The van der Waals surface area contributed by atoms with Crippen LogP contribution in [0.2, 0.25) is 0 Å². The number of nitriles is 1. The maximum absolute atomic E-state index is 9.47. The van der Waals surface area contributed by atoms with Gasteiger partial charge < -0.3 is 15.4 Å². The highest BCUT2D eigenvalue weighted by atomic mass is 16.5. The molecule has 2 aliphatic heterocycles. The van der Waals surface area contributed by atoms with Crippen molar-refractivity contribution in [1.82, 2.24) is 14.6 Å². The van der Waals surface area contributed by atoms with Crippen molar-refractivity contribution in [2.45, 2.75) is 19.4 Å². The summed E-state index contributed by atoms with van der Waals surface area (Å²) in [5, 5.41) is 13.8. The van der Waals surface area contributed by atoms with Crippen LogP contribution in [-0.4, -0.2) is 40.3 Å². The highest BCUT2D eigenvalue weighted by Gasteiger charge is 2.44. The quantitative estimate of drug-likeness (QED) is 0.754. The summed E-state index contributed by atoms with van der Waals surface area (Å²) in [6, 6.07) is 8.64. The van der Waals surface area contributed by atoms with E-state index in [1.807, 2.05) is 19.2 Å². The molecule has 0 amide bonds. The van der Waals surface area contributed by atoms with E-state index in [1.54, 1.807) is 16.9 Å². The molecule has 0 spiro atoms. The normalized spacial score (nSPS) is 23.3. The predicted octanol–water partition coefficient (Wildman–Crippen LogP) is 2.45. The number of pyridine rings is 2. The van der Waals surface area contributed by atoms with Crippen molar-refractivity contribution >= 4 is 11.3 Å². The number of piperidine rings is 2. The van der Waals surface area contributed by atoms with Crippen LogP contribution >= 0.6 is 0 Å². The Bertz CT molecular complexity index is 1050. The molecule has 5 heterocycles. The summed E-state index contributed by atoms with van der Waals surface area (Å²) in [7, 11) is 0. The Balaban J connectivity index is 1.51. The van der Waals surface area contributed by atoms with Crippen molar-refractivity contribution < 1.29 is 4.74 Å². The monoisotopic (exact) mass is 374 g/mol. The lowest BCUT2D eigenvalue weighted by Gasteiger charge is -2.52. The summed E-state index contributed by atoms with van der Waals surface area (Å²) < 4.78 is 7.38. The number of anilines is 1. The Kier molecular flexibility index (Phi) is 3.95. The third-order valence-electron chi connectivity index (χ3n) is 6.00. The van der Waals surface area contributed by atoms with E-state index in [-0.39, 0.29) is 0 Å². The van der Waals surface area contributed by atoms with E-state index in [9.17, 15) is 5.26 Å². The first kappa shape index (κ1) is 17.0. The van der Waals surface area contributed by atoms with E-state index < -0.39 is 0 Å². The molecule has 3 fully saturated rings. The molecule has 2 saturated heterocycles. The van der Waals surface area contributed by atoms with Crippen molar-refractivity contribution in [1.29, 1.82) is 5.26 Å². The standard InChI is InChI=1S/C21H22N6O/c1-2-28-17-6-18(21-16(7-22)9-25-27(21)12-17)13-3-4-19(24-8-13)26-10-14-5-15(11-26)20(14)23/h3-4,6,8-9,12,14-15,20H,2,5,10-11,23H2,1H3/t14-,15+,20?. The van der Waals surface area contributed by atoms with Crippen molar-refractivity contribution in [3.8, 4) is 22.9 Å². The summed E-state index contributed by atoms with van der Waals surface area (Å²) in [6.07, 6.45) is 6.50. The Labute approximate surface area is 163 Å². The van der Waals surface area contributed by atoms with Gasteiger partial charge in [0, 0.05) is 36.5 Å². The summed E-state index contributed by atoms with van der Waals surface area (Å²) >= 11 is 0. The first-order valence-corrected chi connectivity index (χ1v) is 9.69. The second kappa shape index (κ2) is 6.50. The SMILES string of the molecule is CCOc1cc(-c2ccc(N3C[C@H]4C[C@@H](C3)C4N)nc2)c2c(C#N)cnn2c1. The Morgan fingerprint density at radius 3 is 2.75 bits per heavy atom. The average molecular weight is 374 g/mol. The molecule has 1 saturated carbocycles. The van der Waals surface area contributed by atoms with Gasteiger partial charge in [-0.15, -0.1) is 0 Å². The molecule has 1 aliphatic carbocycles.